The molecule has 0 aliphatic rings. The number of hydrogen-bond acceptors (Lipinski definition) is 5. The summed E-state index contributed by atoms with van der Waals surface area (Å²) in [4.78, 5) is 14.1. The molecule has 0 N–H and O–H groups in total. The Labute approximate surface area is 143 Å². The molecule has 0 bridgehead atoms. The summed E-state index contributed by atoms with van der Waals surface area (Å²) < 4.78 is 32.2. The van der Waals surface area contributed by atoms with Crippen LogP contribution in [-0.2, 0) is 13.2 Å². The molecular formula is C17H17F2N5O. The van der Waals surface area contributed by atoms with Gasteiger partial charge >= 0.3 is 6.55 Å². The summed E-state index contributed by atoms with van der Waals surface area (Å²) in [5.74, 6) is 1.12. The highest BCUT2D eigenvalue weighted by Crippen LogP contribution is 2.18. The molecule has 0 saturated carbocycles. The van der Waals surface area contributed by atoms with Crippen molar-refractivity contribution in [2.75, 3.05) is 11.9 Å². The Morgan fingerprint density at radius 3 is 2.76 bits per heavy atom. The van der Waals surface area contributed by atoms with Gasteiger partial charge in [0.25, 0.3) is 0 Å². The molecular weight excluding hydrogens is 328 g/mol. The molecule has 2 heterocycles. The molecule has 0 spiro atoms. The van der Waals surface area contributed by atoms with Crippen molar-refractivity contribution in [3.8, 4) is 5.88 Å². The van der Waals surface area contributed by atoms with Gasteiger partial charge in [0.2, 0.25) is 5.88 Å². The summed E-state index contributed by atoms with van der Waals surface area (Å²) in [7, 11) is 1.73. The number of aromatic nitrogens is 4. The van der Waals surface area contributed by atoms with Crippen LogP contribution in [0.25, 0.3) is 0 Å². The van der Waals surface area contributed by atoms with Crippen LogP contribution in [0.1, 0.15) is 17.9 Å². The second-order valence-corrected chi connectivity index (χ2v) is 5.37. The maximum Gasteiger partial charge on any atom is 0.319 e. The van der Waals surface area contributed by atoms with Gasteiger partial charge in [-0.05, 0) is 5.56 Å². The summed E-state index contributed by atoms with van der Waals surface area (Å²) in [6.07, 6.45) is 5.66. The molecule has 3 rings (SSSR count). The van der Waals surface area contributed by atoms with Crippen molar-refractivity contribution in [1.29, 1.82) is 0 Å². The summed E-state index contributed by atoms with van der Waals surface area (Å²) in [5.41, 5.74) is 1.02. The third kappa shape index (κ3) is 4.28. The van der Waals surface area contributed by atoms with E-state index in [1.807, 2.05) is 30.3 Å². The van der Waals surface area contributed by atoms with Crippen molar-refractivity contribution in [1.82, 2.24) is 19.5 Å². The van der Waals surface area contributed by atoms with Gasteiger partial charge in [0, 0.05) is 19.4 Å². The van der Waals surface area contributed by atoms with Gasteiger partial charge in [0.05, 0.1) is 18.9 Å². The van der Waals surface area contributed by atoms with Crippen molar-refractivity contribution in [2.45, 2.75) is 19.7 Å². The third-order valence-corrected chi connectivity index (χ3v) is 3.56. The van der Waals surface area contributed by atoms with Gasteiger partial charge in [-0.3, -0.25) is 9.55 Å². The minimum absolute atomic E-state index is 0.175. The van der Waals surface area contributed by atoms with E-state index in [1.165, 1.54) is 18.6 Å². The lowest BCUT2D eigenvalue weighted by atomic mass is 10.2. The van der Waals surface area contributed by atoms with Gasteiger partial charge in [0.15, 0.2) is 5.82 Å². The molecule has 3 aromatic rings. The van der Waals surface area contributed by atoms with E-state index in [1.54, 1.807) is 18.1 Å². The summed E-state index contributed by atoms with van der Waals surface area (Å²) in [5, 5.41) is 0. The molecule has 2 aromatic heterocycles. The summed E-state index contributed by atoms with van der Waals surface area (Å²) in [6, 6.07) is 9.70. The van der Waals surface area contributed by atoms with Crippen LogP contribution >= 0.6 is 0 Å². The molecule has 8 heteroatoms. The average Bonchev–Trinajstić information content (AvgIpc) is 3.09. The predicted molar refractivity (Wildman–Crippen MR) is 88.4 cm³/mol. The fourth-order valence-corrected chi connectivity index (χ4v) is 2.26. The minimum atomic E-state index is -2.63. The van der Waals surface area contributed by atoms with Crippen molar-refractivity contribution in [3.05, 3.63) is 66.5 Å². The predicted octanol–water partition coefficient (Wildman–Crippen LogP) is 3.28. The number of ether oxygens (including phenoxy) is 1. The smallest absolute Gasteiger partial charge is 0.319 e. The van der Waals surface area contributed by atoms with E-state index in [9.17, 15) is 8.78 Å². The number of imidazole rings is 1. The lowest BCUT2D eigenvalue weighted by molar-refractivity contribution is 0.0670. The highest BCUT2D eigenvalue weighted by atomic mass is 19.3. The normalized spacial score (nSPS) is 10.9. The van der Waals surface area contributed by atoms with Crippen molar-refractivity contribution in [3.63, 3.8) is 0 Å². The Balaban J connectivity index is 1.67. The molecule has 1 aromatic carbocycles. The number of anilines is 1. The molecule has 0 amide bonds. The van der Waals surface area contributed by atoms with Crippen LogP contribution in [0.4, 0.5) is 14.6 Å². The zero-order valence-electron chi connectivity index (χ0n) is 13.6. The number of nitrogens with zero attached hydrogens (tertiary/aromatic N) is 5. The molecule has 0 saturated heterocycles. The maximum atomic E-state index is 12.9. The largest absolute Gasteiger partial charge is 0.472 e. The van der Waals surface area contributed by atoms with E-state index < -0.39 is 6.55 Å². The van der Waals surface area contributed by atoms with Gasteiger partial charge in [-0.2, -0.15) is 13.8 Å². The van der Waals surface area contributed by atoms with Gasteiger partial charge in [-0.1, -0.05) is 30.3 Å². The first kappa shape index (κ1) is 16.8. The average molecular weight is 345 g/mol. The Hall–Kier alpha value is -3.03. The standard InChI is InChI=1S/C17H17F2N5O/c1-23(11-15-21-7-8-24(15)17(18)19)14-9-20-10-16(22-14)25-12-13-5-3-2-4-6-13/h2-10,17H,11-12H2,1H3. The third-order valence-electron chi connectivity index (χ3n) is 3.56. The van der Waals surface area contributed by atoms with E-state index in [2.05, 4.69) is 15.0 Å². The summed E-state index contributed by atoms with van der Waals surface area (Å²) in [6.45, 7) is -2.08. The number of rotatable bonds is 7. The van der Waals surface area contributed by atoms with Crippen LogP contribution in [0.2, 0.25) is 0 Å². The zero-order valence-corrected chi connectivity index (χ0v) is 13.6. The molecule has 25 heavy (non-hydrogen) atoms. The molecule has 130 valence electrons. The van der Waals surface area contributed by atoms with Crippen LogP contribution in [0.15, 0.2) is 55.1 Å². The molecule has 6 nitrogen and oxygen atoms in total. The Morgan fingerprint density at radius 1 is 1.20 bits per heavy atom. The van der Waals surface area contributed by atoms with Gasteiger partial charge in [0.1, 0.15) is 12.4 Å². The monoisotopic (exact) mass is 345 g/mol. The Bertz CT molecular complexity index is 810. The highest BCUT2D eigenvalue weighted by molar-refractivity contribution is 5.36. The number of benzene rings is 1. The van der Waals surface area contributed by atoms with Crippen molar-refractivity contribution in [2.24, 2.45) is 0 Å². The first-order chi connectivity index (χ1) is 12.1. The van der Waals surface area contributed by atoms with Crippen molar-refractivity contribution < 1.29 is 13.5 Å². The van der Waals surface area contributed by atoms with E-state index in [0.717, 1.165) is 10.1 Å². The van der Waals surface area contributed by atoms with Crippen LogP contribution in [0, 0.1) is 0 Å². The van der Waals surface area contributed by atoms with E-state index in [-0.39, 0.29) is 12.4 Å². The first-order valence-electron chi connectivity index (χ1n) is 7.63. The van der Waals surface area contributed by atoms with Crippen molar-refractivity contribution >= 4 is 5.82 Å². The Morgan fingerprint density at radius 2 is 2.00 bits per heavy atom. The Kier molecular flexibility index (Phi) is 5.17. The zero-order chi connectivity index (χ0) is 17.6. The SMILES string of the molecule is CN(Cc1nccn1C(F)F)c1cncc(OCc2ccccc2)n1. The topological polar surface area (TPSA) is 56.1 Å². The molecule has 0 fully saturated rings. The molecule has 0 unspecified atom stereocenters. The van der Waals surface area contributed by atoms with Gasteiger partial charge in [-0.15, -0.1) is 0 Å². The molecule has 0 aliphatic heterocycles. The first-order valence-corrected chi connectivity index (χ1v) is 7.63. The molecule has 0 atom stereocenters. The van der Waals surface area contributed by atoms with Crippen LogP contribution in [-0.4, -0.2) is 26.6 Å². The fraction of sp³-hybridized carbons (Fsp3) is 0.235. The summed E-state index contributed by atoms with van der Waals surface area (Å²) >= 11 is 0. The molecule has 0 aliphatic carbocycles. The number of halogens is 2. The second-order valence-electron chi connectivity index (χ2n) is 5.37. The maximum absolute atomic E-state index is 12.9. The molecule has 0 radical (unpaired) electrons. The van der Waals surface area contributed by atoms with Crippen LogP contribution in [0.3, 0.4) is 0 Å². The number of hydrogen-bond donors (Lipinski definition) is 0. The highest BCUT2D eigenvalue weighted by Gasteiger charge is 2.14. The van der Waals surface area contributed by atoms with E-state index in [4.69, 9.17) is 4.74 Å². The quantitative estimate of drug-likeness (QED) is 0.658. The van der Waals surface area contributed by atoms with Gasteiger partial charge in [-0.25, -0.2) is 4.98 Å². The van der Waals surface area contributed by atoms with E-state index in [0.29, 0.717) is 18.3 Å². The van der Waals surface area contributed by atoms with Crippen LogP contribution in [0.5, 0.6) is 5.88 Å². The van der Waals surface area contributed by atoms with Crippen LogP contribution < -0.4 is 9.64 Å². The number of alkyl halides is 2. The lowest BCUT2D eigenvalue weighted by Crippen LogP contribution is -2.21. The lowest BCUT2D eigenvalue weighted by Gasteiger charge is -2.18. The van der Waals surface area contributed by atoms with Gasteiger partial charge < -0.3 is 9.64 Å². The minimum Gasteiger partial charge on any atom is -0.472 e. The fourth-order valence-electron chi connectivity index (χ4n) is 2.26. The second kappa shape index (κ2) is 7.69. The van der Waals surface area contributed by atoms with E-state index >= 15 is 0 Å².